The summed E-state index contributed by atoms with van der Waals surface area (Å²) in [7, 11) is 0. The molecule has 0 radical (unpaired) electrons. The minimum Gasteiger partial charge on any atom is -0.258 e. The molecule has 3 rings (SSSR count). The van der Waals surface area contributed by atoms with Gasteiger partial charge in [-0.25, -0.2) is 9.37 Å². The summed E-state index contributed by atoms with van der Waals surface area (Å²) in [6.07, 6.45) is 0. The van der Waals surface area contributed by atoms with Gasteiger partial charge in [-0.2, -0.15) is 0 Å². The van der Waals surface area contributed by atoms with Gasteiger partial charge in [0.15, 0.2) is 0 Å². The third kappa shape index (κ3) is 2.09. The fraction of sp³-hybridized carbons (Fsp3) is 0. The molecule has 0 amide bonds. The Balaban J connectivity index is 2.13. The molecule has 0 N–H and O–H groups in total. The highest BCUT2D eigenvalue weighted by molar-refractivity contribution is 5.81. The molecular weight excluding hydrogens is 259 g/mol. The Labute approximate surface area is 113 Å². The second-order valence-corrected chi connectivity index (χ2v) is 4.32. The summed E-state index contributed by atoms with van der Waals surface area (Å²) in [5.74, 6) is -0.447. The van der Waals surface area contributed by atoms with Crippen LogP contribution >= 0.6 is 0 Å². The Kier molecular flexibility index (Phi) is 2.87. The predicted octanol–water partition coefficient (Wildman–Crippen LogP) is 3.95. The van der Waals surface area contributed by atoms with Crippen molar-refractivity contribution < 1.29 is 9.31 Å². The first-order chi connectivity index (χ1) is 9.65. The molecule has 20 heavy (non-hydrogen) atoms. The molecule has 98 valence electrons. The summed E-state index contributed by atoms with van der Waals surface area (Å²) in [4.78, 5) is 14.4. The zero-order chi connectivity index (χ0) is 14.1. The fourth-order valence-electron chi connectivity index (χ4n) is 2.03. The molecule has 0 saturated heterocycles. The monoisotopic (exact) mass is 268 g/mol. The van der Waals surface area contributed by atoms with Crippen LogP contribution in [-0.2, 0) is 0 Å². The van der Waals surface area contributed by atoms with Gasteiger partial charge in [0.05, 0.1) is 10.4 Å². The first-order valence-electron chi connectivity index (χ1n) is 5.95. The number of hydrogen-bond donors (Lipinski definition) is 0. The Hall–Kier alpha value is -2.82. The number of para-hydroxylation sites is 1. The number of halogens is 1. The maximum absolute atomic E-state index is 14.1. The molecule has 0 aliphatic carbocycles. The smallest absolute Gasteiger partial charge is 0.258 e. The van der Waals surface area contributed by atoms with Crippen molar-refractivity contribution in [3.63, 3.8) is 0 Å². The van der Waals surface area contributed by atoms with E-state index < -0.39 is 10.7 Å². The Morgan fingerprint density at radius 2 is 1.75 bits per heavy atom. The summed E-state index contributed by atoms with van der Waals surface area (Å²) in [5.41, 5.74) is 1.36. The summed E-state index contributed by atoms with van der Waals surface area (Å²) in [6.45, 7) is 0. The van der Waals surface area contributed by atoms with Crippen molar-refractivity contribution in [2.45, 2.75) is 0 Å². The lowest BCUT2D eigenvalue weighted by atomic mass is 10.1. The molecule has 0 unspecified atom stereocenters. The second-order valence-electron chi connectivity index (χ2n) is 4.32. The number of nitro benzene ring substituents is 1. The first kappa shape index (κ1) is 12.2. The van der Waals surface area contributed by atoms with E-state index >= 15 is 0 Å². The number of hydrogen-bond acceptors (Lipinski definition) is 3. The van der Waals surface area contributed by atoms with Crippen LogP contribution in [0.5, 0.6) is 0 Å². The van der Waals surface area contributed by atoms with Crippen molar-refractivity contribution in [1.29, 1.82) is 0 Å². The third-order valence-electron chi connectivity index (χ3n) is 3.03. The van der Waals surface area contributed by atoms with Gasteiger partial charge < -0.3 is 0 Å². The minimum absolute atomic E-state index is 0.0325. The van der Waals surface area contributed by atoms with E-state index in [1.54, 1.807) is 12.1 Å². The number of benzene rings is 2. The molecular formula is C15H9FN2O2. The Morgan fingerprint density at radius 3 is 2.45 bits per heavy atom. The second kappa shape index (κ2) is 4.70. The molecule has 0 bridgehead atoms. The average Bonchev–Trinajstić information content (AvgIpc) is 2.46. The molecule has 5 heteroatoms. The molecule has 0 aliphatic rings. The van der Waals surface area contributed by atoms with Gasteiger partial charge in [-0.05, 0) is 24.3 Å². The van der Waals surface area contributed by atoms with E-state index in [2.05, 4.69) is 4.98 Å². The van der Waals surface area contributed by atoms with Gasteiger partial charge >= 0.3 is 0 Å². The van der Waals surface area contributed by atoms with Gasteiger partial charge in [-0.1, -0.05) is 18.2 Å². The number of nitrogens with zero attached hydrogens (tertiary/aromatic N) is 2. The van der Waals surface area contributed by atoms with Gasteiger partial charge in [0, 0.05) is 23.1 Å². The predicted molar refractivity (Wildman–Crippen MR) is 73.8 cm³/mol. The van der Waals surface area contributed by atoms with Crippen LogP contribution in [0.15, 0.2) is 54.6 Å². The van der Waals surface area contributed by atoms with Crippen LogP contribution in [0.3, 0.4) is 0 Å². The van der Waals surface area contributed by atoms with E-state index in [9.17, 15) is 14.5 Å². The van der Waals surface area contributed by atoms with Crippen LogP contribution in [-0.4, -0.2) is 9.91 Å². The Bertz CT molecular complexity index is 801. The molecule has 4 nitrogen and oxygen atoms in total. The standard InChI is InChI=1S/C15H9FN2O2/c16-13-9-11-3-1-2-4-14(11)17-15(13)10-5-7-12(8-6-10)18(19)20/h1-9H. The van der Waals surface area contributed by atoms with Crippen LogP contribution in [0.2, 0.25) is 0 Å². The lowest BCUT2D eigenvalue weighted by Gasteiger charge is -2.05. The van der Waals surface area contributed by atoms with Crippen molar-refractivity contribution in [1.82, 2.24) is 4.98 Å². The molecule has 0 atom stereocenters. The van der Waals surface area contributed by atoms with Crippen molar-refractivity contribution >= 4 is 16.6 Å². The minimum atomic E-state index is -0.492. The van der Waals surface area contributed by atoms with E-state index in [-0.39, 0.29) is 11.4 Å². The van der Waals surface area contributed by atoms with Crippen molar-refractivity contribution in [3.05, 3.63) is 70.5 Å². The number of pyridine rings is 1. The summed E-state index contributed by atoms with van der Waals surface area (Å²) in [5, 5.41) is 11.3. The van der Waals surface area contributed by atoms with Gasteiger partial charge in [-0.15, -0.1) is 0 Å². The fourth-order valence-corrected chi connectivity index (χ4v) is 2.03. The number of nitro groups is 1. The summed E-state index contributed by atoms with van der Waals surface area (Å²) in [6, 6.07) is 14.3. The highest BCUT2D eigenvalue weighted by Gasteiger charge is 2.11. The zero-order valence-electron chi connectivity index (χ0n) is 10.3. The quantitative estimate of drug-likeness (QED) is 0.522. The molecule has 3 aromatic rings. The number of non-ortho nitro benzene ring substituents is 1. The van der Waals surface area contributed by atoms with E-state index in [0.29, 0.717) is 11.1 Å². The van der Waals surface area contributed by atoms with Gasteiger partial charge in [-0.3, -0.25) is 10.1 Å². The molecule has 1 heterocycles. The number of rotatable bonds is 2. The van der Waals surface area contributed by atoms with Crippen LogP contribution in [0, 0.1) is 15.9 Å². The highest BCUT2D eigenvalue weighted by atomic mass is 19.1. The van der Waals surface area contributed by atoms with Crippen LogP contribution in [0.4, 0.5) is 10.1 Å². The highest BCUT2D eigenvalue weighted by Crippen LogP contribution is 2.26. The maximum atomic E-state index is 14.1. The van der Waals surface area contributed by atoms with Crippen LogP contribution < -0.4 is 0 Å². The first-order valence-corrected chi connectivity index (χ1v) is 5.95. The average molecular weight is 268 g/mol. The van der Waals surface area contributed by atoms with Crippen molar-refractivity contribution in [2.24, 2.45) is 0 Å². The molecule has 0 fully saturated rings. The normalized spacial score (nSPS) is 10.7. The van der Waals surface area contributed by atoms with Crippen molar-refractivity contribution in [2.75, 3.05) is 0 Å². The van der Waals surface area contributed by atoms with Gasteiger partial charge in [0.25, 0.3) is 5.69 Å². The van der Waals surface area contributed by atoms with E-state index in [1.807, 2.05) is 12.1 Å². The van der Waals surface area contributed by atoms with Crippen LogP contribution in [0.1, 0.15) is 0 Å². The number of aromatic nitrogens is 1. The van der Waals surface area contributed by atoms with E-state index in [4.69, 9.17) is 0 Å². The van der Waals surface area contributed by atoms with E-state index in [1.165, 1.54) is 30.3 Å². The molecule has 1 aromatic heterocycles. The van der Waals surface area contributed by atoms with Gasteiger partial charge in [0.2, 0.25) is 0 Å². The topological polar surface area (TPSA) is 56.0 Å². The molecule has 0 spiro atoms. The molecule has 0 aliphatic heterocycles. The molecule has 2 aromatic carbocycles. The molecule has 0 saturated carbocycles. The SMILES string of the molecule is O=[N+]([O-])c1ccc(-c2nc3ccccc3cc2F)cc1. The Morgan fingerprint density at radius 1 is 1.05 bits per heavy atom. The lowest BCUT2D eigenvalue weighted by Crippen LogP contribution is -1.92. The summed E-state index contributed by atoms with van der Waals surface area (Å²) < 4.78 is 14.1. The third-order valence-corrected chi connectivity index (χ3v) is 3.03. The number of fused-ring (bicyclic) bond motifs is 1. The summed E-state index contributed by atoms with van der Waals surface area (Å²) >= 11 is 0. The maximum Gasteiger partial charge on any atom is 0.269 e. The largest absolute Gasteiger partial charge is 0.269 e. The zero-order valence-corrected chi connectivity index (χ0v) is 10.3. The lowest BCUT2D eigenvalue weighted by molar-refractivity contribution is -0.384. The van der Waals surface area contributed by atoms with E-state index in [0.717, 1.165) is 5.39 Å². The van der Waals surface area contributed by atoms with Crippen LogP contribution in [0.25, 0.3) is 22.2 Å². The van der Waals surface area contributed by atoms with Crippen molar-refractivity contribution in [3.8, 4) is 11.3 Å². The van der Waals surface area contributed by atoms with Gasteiger partial charge in [0.1, 0.15) is 11.5 Å².